The van der Waals surface area contributed by atoms with Crippen molar-refractivity contribution < 1.29 is 156 Å². The smallest absolute Gasteiger partial charge is 0.402 e. The molecule has 0 heterocycles. The van der Waals surface area contributed by atoms with E-state index in [1.165, 1.54) is 0 Å². The number of hydrogen-bond donors (Lipinski definition) is 3. The summed E-state index contributed by atoms with van der Waals surface area (Å²) in [5.74, 6) is -70.3. The second-order valence-corrected chi connectivity index (χ2v) is 15.0. The highest BCUT2D eigenvalue weighted by Gasteiger charge is 2.34. The van der Waals surface area contributed by atoms with Crippen LogP contribution in [0.3, 0.4) is 0 Å². The number of halogens is 32. The van der Waals surface area contributed by atoms with Crippen LogP contribution in [0.1, 0.15) is 0 Å². The minimum atomic E-state index is -2.44. The Labute approximate surface area is 441 Å². The second kappa shape index (κ2) is 26.8. The van der Waals surface area contributed by atoms with Crippen LogP contribution in [-0.2, 0) is 0 Å². The van der Waals surface area contributed by atoms with Gasteiger partial charge in [0.25, 0.3) is 0 Å². The van der Waals surface area contributed by atoms with E-state index < -0.39 is 238 Å². The molecule has 0 spiro atoms. The van der Waals surface area contributed by atoms with Gasteiger partial charge in [-0.2, -0.15) is 0 Å². The topological polar surface area (TPSA) is 60.7 Å². The van der Waals surface area contributed by atoms with Gasteiger partial charge in [-0.05, 0) is 48.5 Å². The van der Waals surface area contributed by atoms with Crippen LogP contribution >= 0.6 is 0 Å². The van der Waals surface area contributed by atoms with Crippen molar-refractivity contribution in [3.05, 3.63) is 235 Å². The third-order valence-electron chi connectivity index (χ3n) is 10.1. The summed E-state index contributed by atoms with van der Waals surface area (Å²) in [5, 5.41) is 21.5. The molecule has 0 atom stereocenters. The molecular formula is C48H11BF32O3. The normalized spacial score (nSPS) is 10.8. The Kier molecular flexibility index (Phi) is 21.7. The van der Waals surface area contributed by atoms with E-state index in [-0.39, 0.29) is 0 Å². The van der Waals surface area contributed by atoms with Gasteiger partial charge in [0.2, 0.25) is 23.3 Å². The molecule has 0 aliphatic carbocycles. The molecule has 0 saturated carbocycles. The van der Waals surface area contributed by atoms with Crippen molar-refractivity contribution in [2.45, 2.75) is 0 Å². The summed E-state index contributed by atoms with van der Waals surface area (Å²) in [6.45, 7) is 0. The van der Waals surface area contributed by atoms with Gasteiger partial charge < -0.3 is 15.1 Å². The zero-order valence-corrected chi connectivity index (χ0v) is 38.6. The van der Waals surface area contributed by atoms with Gasteiger partial charge in [-0.3, -0.25) is 0 Å². The first-order valence-corrected chi connectivity index (χ1v) is 20.5. The molecular weight excluding hydrogens is 1240 g/mol. The predicted octanol–water partition coefficient (Wildman–Crippen LogP) is 15.8. The first kappa shape index (κ1) is 68.0. The molecule has 0 fully saturated rings. The summed E-state index contributed by atoms with van der Waals surface area (Å²) < 4.78 is 418. The van der Waals surface area contributed by atoms with Gasteiger partial charge in [-0.1, -0.05) is 0 Å². The van der Waals surface area contributed by atoms with Gasteiger partial charge in [0.15, 0.2) is 163 Å². The van der Waals surface area contributed by atoms with E-state index in [0.29, 0.717) is 48.5 Å². The molecule has 0 radical (unpaired) electrons. The van der Waals surface area contributed by atoms with E-state index in [0.717, 1.165) is 0 Å². The number of benzene rings is 8. The van der Waals surface area contributed by atoms with E-state index in [1.807, 2.05) is 0 Å². The first-order chi connectivity index (χ1) is 38.8. The Morgan fingerprint density at radius 3 is 0.381 bits per heavy atom. The molecule has 8 aromatic rings. The highest BCUT2D eigenvalue weighted by molar-refractivity contribution is 6.30. The zero-order valence-electron chi connectivity index (χ0n) is 38.6. The van der Waals surface area contributed by atoms with Crippen molar-refractivity contribution in [2.75, 3.05) is 0 Å². The average Bonchev–Trinajstić information content (AvgIpc) is 3.23. The molecule has 3 nitrogen and oxygen atoms in total. The molecule has 0 aliphatic rings. The van der Waals surface area contributed by atoms with Gasteiger partial charge in [-0.25, -0.2) is 140 Å². The Bertz CT molecular complexity index is 3280. The van der Waals surface area contributed by atoms with E-state index in [4.69, 9.17) is 15.1 Å². The summed E-state index contributed by atoms with van der Waals surface area (Å²) in [6, 6.07) is 2.66. The first-order valence-electron chi connectivity index (χ1n) is 20.5. The van der Waals surface area contributed by atoms with Gasteiger partial charge in [-0.15, -0.1) is 0 Å². The quantitative estimate of drug-likeness (QED) is 0.0712. The van der Waals surface area contributed by atoms with Crippen LogP contribution in [0.4, 0.5) is 140 Å². The van der Waals surface area contributed by atoms with Gasteiger partial charge in [0.1, 0.15) is 0 Å². The van der Waals surface area contributed by atoms with Crippen LogP contribution in [0.25, 0.3) is 44.5 Å². The molecule has 0 saturated heterocycles. The van der Waals surface area contributed by atoms with Crippen molar-refractivity contribution in [2.24, 2.45) is 0 Å². The third kappa shape index (κ3) is 13.1. The third-order valence-corrected chi connectivity index (χ3v) is 10.1. The van der Waals surface area contributed by atoms with E-state index in [9.17, 15) is 140 Å². The molecule has 0 bridgehead atoms. The Hall–Kier alpha value is -8.54. The molecule has 3 N–H and O–H groups in total. The average molecular weight is 1250 g/mol. The predicted molar refractivity (Wildman–Crippen MR) is 219 cm³/mol. The van der Waals surface area contributed by atoms with Crippen LogP contribution in [0.15, 0.2) is 48.5 Å². The second-order valence-electron chi connectivity index (χ2n) is 15.0. The molecule has 84 heavy (non-hydrogen) atoms. The lowest BCUT2D eigenvalue weighted by atomic mass is 10.0. The Morgan fingerprint density at radius 2 is 0.262 bits per heavy atom. The zero-order chi connectivity index (χ0) is 64.3. The van der Waals surface area contributed by atoms with E-state index in [2.05, 4.69) is 0 Å². The molecule has 0 unspecified atom stereocenters. The standard InChI is InChI=1S/4C12H2F8.BH3O3/c4*13-4-2-1-3(6(14)7(4)15)5-8(16)10(18)12(20)11(19)9(5)17;2-1(3)4/h4*1-2H;2-4H. The summed E-state index contributed by atoms with van der Waals surface area (Å²) in [7, 11) is -2.17. The fourth-order valence-electron chi connectivity index (χ4n) is 6.24. The van der Waals surface area contributed by atoms with Crippen LogP contribution in [0.2, 0.25) is 0 Å². The molecule has 8 rings (SSSR count). The molecule has 8 aromatic carbocycles. The maximum absolute atomic E-state index is 13.4. The van der Waals surface area contributed by atoms with Crippen LogP contribution in [0.5, 0.6) is 0 Å². The van der Waals surface area contributed by atoms with Gasteiger partial charge >= 0.3 is 7.32 Å². The molecule has 0 aliphatic heterocycles. The minimum absolute atomic E-state index is 0.297. The molecule has 448 valence electrons. The maximum atomic E-state index is 13.4. The fourth-order valence-corrected chi connectivity index (χ4v) is 6.24. The highest BCUT2D eigenvalue weighted by Crippen LogP contribution is 2.39. The van der Waals surface area contributed by atoms with E-state index in [1.54, 1.807) is 0 Å². The summed E-state index contributed by atoms with van der Waals surface area (Å²) in [5.41, 5.74) is -11.8. The summed E-state index contributed by atoms with van der Waals surface area (Å²) >= 11 is 0. The molecule has 0 aromatic heterocycles. The molecule has 0 amide bonds. The summed E-state index contributed by atoms with van der Waals surface area (Å²) in [4.78, 5) is 0. The van der Waals surface area contributed by atoms with Crippen LogP contribution < -0.4 is 0 Å². The Balaban J connectivity index is 0.000000235. The van der Waals surface area contributed by atoms with Crippen LogP contribution in [0, 0.1) is 186 Å². The monoisotopic (exact) mass is 1250 g/mol. The number of hydrogen-bond acceptors (Lipinski definition) is 3. The van der Waals surface area contributed by atoms with Crippen molar-refractivity contribution in [1.82, 2.24) is 0 Å². The summed E-state index contributed by atoms with van der Waals surface area (Å²) in [6.07, 6.45) is 0. The lowest BCUT2D eigenvalue weighted by Gasteiger charge is -2.09. The Morgan fingerprint density at radius 1 is 0.155 bits per heavy atom. The van der Waals surface area contributed by atoms with Gasteiger partial charge in [0.05, 0.1) is 22.3 Å². The van der Waals surface area contributed by atoms with E-state index >= 15 is 0 Å². The lowest BCUT2D eigenvalue weighted by Crippen LogP contribution is -2.07. The largest absolute Gasteiger partial charge is 0.631 e. The van der Waals surface area contributed by atoms with Crippen molar-refractivity contribution in [1.29, 1.82) is 0 Å². The van der Waals surface area contributed by atoms with Crippen molar-refractivity contribution in [3.63, 3.8) is 0 Å². The van der Waals surface area contributed by atoms with Crippen molar-refractivity contribution >= 4 is 7.32 Å². The highest BCUT2D eigenvalue weighted by atomic mass is 19.2. The maximum Gasteiger partial charge on any atom is 0.631 e. The van der Waals surface area contributed by atoms with Crippen molar-refractivity contribution in [3.8, 4) is 44.5 Å². The SMILES string of the molecule is Fc1ccc(-c2c(F)c(F)c(F)c(F)c2F)c(F)c1F.Fc1ccc(-c2c(F)c(F)c(F)c(F)c2F)c(F)c1F.Fc1ccc(-c2c(F)c(F)c(F)c(F)c2F)c(F)c1F.Fc1ccc(-c2c(F)c(F)c(F)c(F)c2F)c(F)c1F.OB(O)O. The fraction of sp³-hybridized carbons (Fsp3) is 0. The number of rotatable bonds is 4. The lowest BCUT2D eigenvalue weighted by molar-refractivity contribution is 0.278. The van der Waals surface area contributed by atoms with Gasteiger partial charge in [0, 0.05) is 22.3 Å². The molecule has 36 heteroatoms. The minimum Gasteiger partial charge on any atom is -0.402 e. The van der Waals surface area contributed by atoms with Crippen LogP contribution in [-0.4, -0.2) is 22.4 Å².